The SMILES string of the molecule is CC.CCNc1ccon1. The van der Waals surface area contributed by atoms with Crippen molar-refractivity contribution in [3.05, 3.63) is 12.3 Å². The Morgan fingerprint density at radius 2 is 2.30 bits per heavy atom. The molecule has 1 aromatic rings. The van der Waals surface area contributed by atoms with Crippen LogP contribution in [0.5, 0.6) is 0 Å². The van der Waals surface area contributed by atoms with Crippen molar-refractivity contribution in [1.82, 2.24) is 5.16 Å². The first-order valence-corrected chi connectivity index (χ1v) is 3.57. The van der Waals surface area contributed by atoms with Crippen molar-refractivity contribution in [3.63, 3.8) is 0 Å². The first-order valence-electron chi connectivity index (χ1n) is 3.57. The summed E-state index contributed by atoms with van der Waals surface area (Å²) < 4.78 is 4.55. The lowest BCUT2D eigenvalue weighted by molar-refractivity contribution is 0.422. The highest BCUT2D eigenvalue weighted by Crippen LogP contribution is 1.98. The normalized spacial score (nSPS) is 7.90. The van der Waals surface area contributed by atoms with Crippen molar-refractivity contribution in [2.75, 3.05) is 11.9 Å². The Balaban J connectivity index is 0.000000371. The van der Waals surface area contributed by atoms with Crippen molar-refractivity contribution in [2.45, 2.75) is 20.8 Å². The Morgan fingerprint density at radius 3 is 2.70 bits per heavy atom. The molecule has 1 heterocycles. The number of hydrogen-bond acceptors (Lipinski definition) is 3. The van der Waals surface area contributed by atoms with Gasteiger partial charge in [0.05, 0.1) is 0 Å². The number of nitrogens with one attached hydrogen (secondary N) is 1. The number of aromatic nitrogens is 1. The zero-order valence-corrected chi connectivity index (χ0v) is 6.72. The van der Waals surface area contributed by atoms with Crippen LogP contribution in [0.1, 0.15) is 20.8 Å². The van der Waals surface area contributed by atoms with Gasteiger partial charge >= 0.3 is 0 Å². The first kappa shape index (κ1) is 9.01. The summed E-state index contributed by atoms with van der Waals surface area (Å²) in [6, 6.07) is 1.78. The van der Waals surface area contributed by atoms with Gasteiger partial charge in [-0.2, -0.15) is 0 Å². The molecule has 0 aromatic carbocycles. The molecule has 0 saturated carbocycles. The highest BCUT2D eigenvalue weighted by Gasteiger charge is 1.87. The summed E-state index contributed by atoms with van der Waals surface area (Å²) in [6.07, 6.45) is 1.54. The van der Waals surface area contributed by atoms with Crippen LogP contribution >= 0.6 is 0 Å². The zero-order valence-electron chi connectivity index (χ0n) is 6.72. The van der Waals surface area contributed by atoms with Gasteiger partial charge in [-0.25, -0.2) is 0 Å². The standard InChI is InChI=1S/C5H8N2O.C2H6/c1-2-6-5-3-4-8-7-5;1-2/h3-4H,2H2,1H3,(H,6,7);1-2H3. The quantitative estimate of drug-likeness (QED) is 0.687. The molecule has 58 valence electrons. The number of rotatable bonds is 2. The van der Waals surface area contributed by atoms with E-state index < -0.39 is 0 Å². The minimum absolute atomic E-state index is 0.799. The fourth-order valence-electron chi connectivity index (χ4n) is 0.485. The predicted molar refractivity (Wildman–Crippen MR) is 42.0 cm³/mol. The lowest BCUT2D eigenvalue weighted by Gasteiger charge is -1.90. The lowest BCUT2D eigenvalue weighted by atomic mass is 10.6. The van der Waals surface area contributed by atoms with Gasteiger partial charge in [0, 0.05) is 12.6 Å². The van der Waals surface area contributed by atoms with Gasteiger partial charge in [-0.1, -0.05) is 19.0 Å². The molecule has 3 heteroatoms. The van der Waals surface area contributed by atoms with Crippen LogP contribution < -0.4 is 5.32 Å². The Labute approximate surface area is 61.4 Å². The molecule has 1 N–H and O–H groups in total. The molecule has 0 saturated heterocycles. The molecule has 1 rings (SSSR count). The van der Waals surface area contributed by atoms with Gasteiger partial charge < -0.3 is 9.84 Å². The van der Waals surface area contributed by atoms with Crippen molar-refractivity contribution >= 4 is 5.82 Å². The van der Waals surface area contributed by atoms with Crippen LogP contribution in [-0.2, 0) is 0 Å². The second kappa shape index (κ2) is 6.13. The van der Waals surface area contributed by atoms with Gasteiger partial charge in [0.1, 0.15) is 6.26 Å². The summed E-state index contributed by atoms with van der Waals surface area (Å²) in [5.41, 5.74) is 0. The van der Waals surface area contributed by atoms with Crippen LogP contribution in [0, 0.1) is 0 Å². The Morgan fingerprint density at radius 1 is 1.60 bits per heavy atom. The summed E-state index contributed by atoms with van der Waals surface area (Å²) in [5, 5.41) is 6.60. The third-order valence-corrected chi connectivity index (χ3v) is 0.796. The smallest absolute Gasteiger partial charge is 0.169 e. The molecule has 0 amide bonds. The molecule has 1 aromatic heterocycles. The van der Waals surface area contributed by atoms with Crippen molar-refractivity contribution in [3.8, 4) is 0 Å². The van der Waals surface area contributed by atoms with Crippen LogP contribution in [0.15, 0.2) is 16.9 Å². The monoisotopic (exact) mass is 142 g/mol. The molecule has 0 fully saturated rings. The van der Waals surface area contributed by atoms with Crippen LogP contribution in [0.25, 0.3) is 0 Å². The van der Waals surface area contributed by atoms with E-state index in [0.717, 1.165) is 12.4 Å². The molecule has 0 unspecified atom stereocenters. The minimum atomic E-state index is 0.799. The van der Waals surface area contributed by atoms with Gasteiger partial charge in [-0.3, -0.25) is 0 Å². The molecule has 3 nitrogen and oxygen atoms in total. The third-order valence-electron chi connectivity index (χ3n) is 0.796. The molecule has 0 atom stereocenters. The summed E-state index contributed by atoms with van der Waals surface area (Å²) in [5.74, 6) is 0.799. The van der Waals surface area contributed by atoms with Gasteiger partial charge in [0.25, 0.3) is 0 Å². The topological polar surface area (TPSA) is 38.1 Å². The number of nitrogens with zero attached hydrogens (tertiary/aromatic N) is 1. The average molecular weight is 142 g/mol. The van der Waals surface area contributed by atoms with E-state index in [0.29, 0.717) is 0 Å². The van der Waals surface area contributed by atoms with E-state index in [1.54, 1.807) is 6.07 Å². The Hall–Kier alpha value is -0.990. The lowest BCUT2D eigenvalue weighted by Crippen LogP contribution is -1.95. The summed E-state index contributed by atoms with van der Waals surface area (Å²) >= 11 is 0. The summed E-state index contributed by atoms with van der Waals surface area (Å²) in [4.78, 5) is 0. The van der Waals surface area contributed by atoms with Gasteiger partial charge in [0.15, 0.2) is 5.82 Å². The predicted octanol–water partition coefficient (Wildman–Crippen LogP) is 2.13. The molecular formula is C7H14N2O. The fraction of sp³-hybridized carbons (Fsp3) is 0.571. The van der Waals surface area contributed by atoms with E-state index in [1.807, 2.05) is 20.8 Å². The molecule has 0 aliphatic heterocycles. The fourth-order valence-corrected chi connectivity index (χ4v) is 0.485. The van der Waals surface area contributed by atoms with Crippen molar-refractivity contribution in [1.29, 1.82) is 0 Å². The van der Waals surface area contributed by atoms with E-state index in [1.165, 1.54) is 6.26 Å². The summed E-state index contributed by atoms with van der Waals surface area (Å²) in [7, 11) is 0. The Bertz CT molecular complexity index is 137. The maximum absolute atomic E-state index is 4.55. The molecular weight excluding hydrogens is 128 g/mol. The second-order valence-electron chi connectivity index (χ2n) is 1.42. The maximum atomic E-state index is 4.55. The third kappa shape index (κ3) is 3.12. The molecule has 0 bridgehead atoms. The second-order valence-corrected chi connectivity index (χ2v) is 1.42. The molecule has 0 radical (unpaired) electrons. The molecule has 0 spiro atoms. The number of anilines is 1. The van der Waals surface area contributed by atoms with E-state index in [4.69, 9.17) is 0 Å². The van der Waals surface area contributed by atoms with E-state index in [-0.39, 0.29) is 0 Å². The van der Waals surface area contributed by atoms with E-state index >= 15 is 0 Å². The molecule has 0 aliphatic rings. The van der Waals surface area contributed by atoms with Crippen LogP contribution in [0.4, 0.5) is 5.82 Å². The van der Waals surface area contributed by atoms with Gasteiger partial charge in [-0.05, 0) is 6.92 Å². The number of hydrogen-bond donors (Lipinski definition) is 1. The van der Waals surface area contributed by atoms with E-state index in [2.05, 4.69) is 15.0 Å². The van der Waals surface area contributed by atoms with E-state index in [9.17, 15) is 0 Å². The maximum Gasteiger partial charge on any atom is 0.169 e. The van der Waals surface area contributed by atoms with Crippen LogP contribution in [0.2, 0.25) is 0 Å². The molecule has 10 heavy (non-hydrogen) atoms. The Kier molecular flexibility index (Phi) is 5.53. The van der Waals surface area contributed by atoms with Gasteiger partial charge in [0.2, 0.25) is 0 Å². The van der Waals surface area contributed by atoms with Crippen molar-refractivity contribution in [2.24, 2.45) is 0 Å². The van der Waals surface area contributed by atoms with Crippen LogP contribution in [0.3, 0.4) is 0 Å². The van der Waals surface area contributed by atoms with Crippen LogP contribution in [-0.4, -0.2) is 11.7 Å². The average Bonchev–Trinajstić information content (AvgIpc) is 2.46. The minimum Gasteiger partial charge on any atom is -0.368 e. The first-order chi connectivity index (χ1) is 4.93. The van der Waals surface area contributed by atoms with Crippen molar-refractivity contribution < 1.29 is 4.52 Å². The highest BCUT2D eigenvalue weighted by molar-refractivity contribution is 5.29. The largest absolute Gasteiger partial charge is 0.368 e. The molecule has 0 aliphatic carbocycles. The zero-order chi connectivity index (χ0) is 7.82. The van der Waals surface area contributed by atoms with Gasteiger partial charge in [-0.15, -0.1) is 0 Å². The highest BCUT2D eigenvalue weighted by atomic mass is 16.5. The summed E-state index contributed by atoms with van der Waals surface area (Å²) in [6.45, 7) is 6.89.